The minimum Gasteiger partial charge on any atom is -0.483 e. The number of amides is 1. The van der Waals surface area contributed by atoms with Gasteiger partial charge < -0.3 is 14.2 Å². The predicted molar refractivity (Wildman–Crippen MR) is 92.5 cm³/mol. The van der Waals surface area contributed by atoms with Crippen molar-refractivity contribution in [3.8, 4) is 5.75 Å². The van der Waals surface area contributed by atoms with Crippen molar-refractivity contribution in [2.24, 2.45) is 0 Å². The number of hydrogen-bond donors (Lipinski definition) is 0. The lowest BCUT2D eigenvalue weighted by Crippen LogP contribution is -2.30. The van der Waals surface area contributed by atoms with Gasteiger partial charge in [-0.1, -0.05) is 30.3 Å². The van der Waals surface area contributed by atoms with Crippen molar-refractivity contribution in [3.05, 3.63) is 63.6 Å². The molecule has 1 aliphatic rings. The average molecular weight is 326 g/mol. The first-order valence-electron chi connectivity index (χ1n) is 8.13. The van der Waals surface area contributed by atoms with E-state index in [1.165, 1.54) is 4.90 Å². The van der Waals surface area contributed by atoms with E-state index >= 15 is 0 Å². The summed E-state index contributed by atoms with van der Waals surface area (Å²) in [6, 6.07) is 11.5. The van der Waals surface area contributed by atoms with Crippen LogP contribution in [0.3, 0.4) is 0 Å². The van der Waals surface area contributed by atoms with Crippen molar-refractivity contribution >= 4 is 5.91 Å². The number of aryl methyl sites for hydroxylation is 1. The molecule has 5 heteroatoms. The third kappa shape index (κ3) is 3.20. The number of hydrogen-bond acceptors (Lipinski definition) is 3. The Labute approximate surface area is 141 Å². The zero-order valence-electron chi connectivity index (χ0n) is 14.3. The van der Waals surface area contributed by atoms with Crippen molar-refractivity contribution in [2.45, 2.75) is 32.4 Å². The molecule has 3 rings (SSSR count). The van der Waals surface area contributed by atoms with E-state index in [2.05, 4.69) is 0 Å². The molecular weight excluding hydrogens is 304 g/mol. The van der Waals surface area contributed by atoms with E-state index < -0.39 is 0 Å². The Morgan fingerprint density at radius 3 is 2.50 bits per heavy atom. The topological polar surface area (TPSA) is 51.5 Å². The molecule has 0 unspecified atom stereocenters. The molecule has 0 spiro atoms. The number of ether oxygens (including phenoxy) is 1. The van der Waals surface area contributed by atoms with E-state index in [9.17, 15) is 9.59 Å². The maximum Gasteiger partial charge on any atom is 0.274 e. The largest absolute Gasteiger partial charge is 0.483 e. The van der Waals surface area contributed by atoms with E-state index in [0.29, 0.717) is 5.69 Å². The summed E-state index contributed by atoms with van der Waals surface area (Å²) in [6.07, 6.45) is 2.05. The third-order valence-electron chi connectivity index (χ3n) is 4.15. The van der Waals surface area contributed by atoms with Crippen LogP contribution in [0.2, 0.25) is 0 Å². The van der Waals surface area contributed by atoms with Crippen LogP contribution in [0.4, 0.5) is 0 Å². The molecule has 1 amide bonds. The Morgan fingerprint density at radius 1 is 1.25 bits per heavy atom. The summed E-state index contributed by atoms with van der Waals surface area (Å²) in [5, 5.41) is 0. The van der Waals surface area contributed by atoms with Crippen LogP contribution in [0.15, 0.2) is 41.2 Å². The fraction of sp³-hybridized carbons (Fsp3) is 0.368. The van der Waals surface area contributed by atoms with Crippen LogP contribution < -0.4 is 10.2 Å². The second-order valence-corrected chi connectivity index (χ2v) is 6.40. The summed E-state index contributed by atoms with van der Waals surface area (Å²) in [5.74, 6) is -0.0548. The smallest absolute Gasteiger partial charge is 0.274 e. The van der Waals surface area contributed by atoms with Crippen LogP contribution >= 0.6 is 0 Å². The highest BCUT2D eigenvalue weighted by atomic mass is 16.5. The Morgan fingerprint density at radius 2 is 1.92 bits per heavy atom. The second kappa shape index (κ2) is 6.51. The number of aromatic nitrogens is 1. The van der Waals surface area contributed by atoms with E-state index in [1.54, 1.807) is 20.2 Å². The summed E-state index contributed by atoms with van der Waals surface area (Å²) in [5.41, 5.74) is 1.88. The molecule has 2 aromatic rings. The van der Waals surface area contributed by atoms with Crippen molar-refractivity contribution in [3.63, 3.8) is 0 Å². The normalized spacial score (nSPS) is 13.6. The summed E-state index contributed by atoms with van der Waals surface area (Å²) in [4.78, 5) is 26.7. The van der Waals surface area contributed by atoms with Crippen LogP contribution in [-0.4, -0.2) is 29.5 Å². The molecule has 1 heterocycles. The van der Waals surface area contributed by atoms with Gasteiger partial charge in [-0.05, 0) is 25.3 Å². The monoisotopic (exact) mass is 326 g/mol. The molecule has 1 saturated carbocycles. The van der Waals surface area contributed by atoms with Gasteiger partial charge in [0.25, 0.3) is 5.91 Å². The molecule has 1 aliphatic carbocycles. The first-order chi connectivity index (χ1) is 11.5. The lowest BCUT2D eigenvalue weighted by Gasteiger charge is -2.21. The number of rotatable bonds is 5. The van der Waals surface area contributed by atoms with Gasteiger partial charge in [0.2, 0.25) is 5.43 Å². The maximum absolute atomic E-state index is 12.7. The SMILES string of the molecule is Cc1cc(=O)c(OCc2ccccc2)c(C(=O)N(C)C)n1C1CC1. The Hall–Kier alpha value is -2.56. The molecule has 0 bridgehead atoms. The van der Waals surface area contributed by atoms with Crippen molar-refractivity contribution < 1.29 is 9.53 Å². The number of benzene rings is 1. The van der Waals surface area contributed by atoms with E-state index in [-0.39, 0.29) is 29.7 Å². The van der Waals surface area contributed by atoms with Gasteiger partial charge in [0.1, 0.15) is 6.61 Å². The molecule has 0 N–H and O–H groups in total. The molecular formula is C19H22N2O3. The van der Waals surface area contributed by atoms with Crippen LogP contribution in [0.25, 0.3) is 0 Å². The van der Waals surface area contributed by atoms with E-state index in [0.717, 1.165) is 24.1 Å². The molecule has 5 nitrogen and oxygen atoms in total. The minimum absolute atomic E-state index is 0.148. The van der Waals surface area contributed by atoms with Crippen LogP contribution in [0.5, 0.6) is 5.75 Å². The van der Waals surface area contributed by atoms with Crippen LogP contribution in [0, 0.1) is 6.92 Å². The van der Waals surface area contributed by atoms with Gasteiger partial charge in [-0.2, -0.15) is 0 Å². The predicted octanol–water partition coefficient (Wildman–Crippen LogP) is 2.77. The van der Waals surface area contributed by atoms with Gasteiger partial charge in [-0.3, -0.25) is 9.59 Å². The summed E-state index contributed by atoms with van der Waals surface area (Å²) in [7, 11) is 3.38. The van der Waals surface area contributed by atoms with Crippen LogP contribution in [-0.2, 0) is 6.61 Å². The van der Waals surface area contributed by atoms with E-state index in [4.69, 9.17) is 4.74 Å². The molecule has 1 fully saturated rings. The summed E-state index contributed by atoms with van der Waals surface area (Å²) in [6.45, 7) is 2.13. The molecule has 1 aromatic carbocycles. The van der Waals surface area contributed by atoms with Crippen molar-refractivity contribution in [2.75, 3.05) is 14.1 Å². The van der Waals surface area contributed by atoms with Gasteiger partial charge in [0.15, 0.2) is 11.4 Å². The highest BCUT2D eigenvalue weighted by Crippen LogP contribution is 2.38. The second-order valence-electron chi connectivity index (χ2n) is 6.40. The first-order valence-corrected chi connectivity index (χ1v) is 8.13. The lowest BCUT2D eigenvalue weighted by molar-refractivity contribution is 0.0809. The fourth-order valence-electron chi connectivity index (χ4n) is 2.81. The fourth-order valence-corrected chi connectivity index (χ4v) is 2.81. The quantitative estimate of drug-likeness (QED) is 0.849. The number of nitrogens with zero attached hydrogens (tertiary/aromatic N) is 2. The molecule has 24 heavy (non-hydrogen) atoms. The first kappa shape index (κ1) is 16.3. The van der Waals surface area contributed by atoms with Crippen molar-refractivity contribution in [1.82, 2.24) is 9.47 Å². The standard InChI is InChI=1S/C19H22N2O3/c1-13-11-16(22)18(24-12-14-7-5-4-6-8-14)17(19(23)20(2)3)21(13)15-9-10-15/h4-8,11,15H,9-10,12H2,1-3H3. The summed E-state index contributed by atoms with van der Waals surface area (Å²) >= 11 is 0. The van der Waals surface area contributed by atoms with Gasteiger partial charge in [0.05, 0.1) is 0 Å². The molecule has 0 aliphatic heterocycles. The van der Waals surface area contributed by atoms with Gasteiger partial charge in [-0.25, -0.2) is 0 Å². The van der Waals surface area contributed by atoms with Gasteiger partial charge >= 0.3 is 0 Å². The van der Waals surface area contributed by atoms with E-state index in [1.807, 2.05) is 41.8 Å². The van der Waals surface area contributed by atoms with Crippen molar-refractivity contribution in [1.29, 1.82) is 0 Å². The third-order valence-corrected chi connectivity index (χ3v) is 4.15. The Kier molecular flexibility index (Phi) is 4.42. The van der Waals surface area contributed by atoms with Crippen LogP contribution in [0.1, 0.15) is 40.6 Å². The highest BCUT2D eigenvalue weighted by Gasteiger charge is 2.32. The Bertz CT molecular complexity index is 805. The lowest BCUT2D eigenvalue weighted by atomic mass is 10.2. The molecule has 0 atom stereocenters. The molecule has 1 aromatic heterocycles. The van der Waals surface area contributed by atoms with Gasteiger partial charge in [0, 0.05) is 31.9 Å². The number of carbonyl (C=O) groups is 1. The minimum atomic E-state index is -0.245. The highest BCUT2D eigenvalue weighted by molar-refractivity contribution is 5.95. The van der Waals surface area contributed by atoms with Gasteiger partial charge in [-0.15, -0.1) is 0 Å². The molecule has 0 radical (unpaired) electrons. The average Bonchev–Trinajstić information content (AvgIpc) is 3.38. The maximum atomic E-state index is 12.7. The molecule has 126 valence electrons. The molecule has 0 saturated heterocycles. The number of pyridine rings is 1. The summed E-state index contributed by atoms with van der Waals surface area (Å²) < 4.78 is 7.78. The zero-order chi connectivity index (χ0) is 17.3. The number of carbonyl (C=O) groups excluding carboxylic acids is 1. The zero-order valence-corrected chi connectivity index (χ0v) is 14.3. The Balaban J connectivity index is 2.04.